The summed E-state index contributed by atoms with van der Waals surface area (Å²) >= 11 is 14.2. The molecule has 0 radical (unpaired) electrons. The number of nitrogens with one attached hydrogen (secondary N) is 4. The number of pyridine rings is 2. The van der Waals surface area contributed by atoms with Gasteiger partial charge in [0.15, 0.2) is 0 Å². The molecule has 12 nitrogen and oxygen atoms in total. The summed E-state index contributed by atoms with van der Waals surface area (Å²) in [6, 6.07) is 19.0. The first-order valence-electron chi connectivity index (χ1n) is 16.9. The number of aliphatic hydroxyl groups excluding tert-OH is 1. The third-order valence-electron chi connectivity index (χ3n) is 8.97. The highest BCUT2D eigenvalue weighted by Crippen LogP contribution is 2.42. The number of rotatable bonds is 14. The summed E-state index contributed by atoms with van der Waals surface area (Å²) in [6.45, 7) is 1.52. The molecule has 2 atom stereocenters. The smallest absolute Gasteiger partial charge is 0.262 e. The average molecular weight is 745 g/mol. The topological polar surface area (TPSA) is 159 Å². The fourth-order valence-electron chi connectivity index (χ4n) is 6.21. The molecule has 1 aliphatic rings. The summed E-state index contributed by atoms with van der Waals surface area (Å²) in [7, 11) is 3.09. The van der Waals surface area contributed by atoms with Gasteiger partial charge in [0.2, 0.25) is 17.7 Å². The number of fused-ring (bicyclic) bond motifs is 1. The van der Waals surface area contributed by atoms with Crippen molar-refractivity contribution in [2.45, 2.75) is 44.5 Å². The lowest BCUT2D eigenvalue weighted by Crippen LogP contribution is -2.35. The van der Waals surface area contributed by atoms with Gasteiger partial charge in [0.05, 0.1) is 35.4 Å². The van der Waals surface area contributed by atoms with Gasteiger partial charge in [-0.1, -0.05) is 65.7 Å². The molecule has 5 N–H and O–H groups in total. The highest BCUT2D eigenvalue weighted by atomic mass is 35.5. The van der Waals surface area contributed by atoms with E-state index in [1.807, 2.05) is 48.5 Å². The minimum absolute atomic E-state index is 0.0353. The molecule has 0 spiro atoms. The van der Waals surface area contributed by atoms with Gasteiger partial charge in [-0.05, 0) is 30.2 Å². The van der Waals surface area contributed by atoms with E-state index < -0.39 is 6.10 Å². The molecule has 0 bridgehead atoms. The third-order valence-corrected chi connectivity index (χ3v) is 9.79. The second kappa shape index (κ2) is 16.7. The van der Waals surface area contributed by atoms with Crippen LogP contribution in [0.25, 0.3) is 39.2 Å². The number of amides is 2. The number of carbonyl (C=O) groups is 2. The number of benzene rings is 2. The molecule has 14 heteroatoms. The normalized spacial score (nSPS) is 14.7. The molecule has 1 aliphatic heterocycles. The zero-order valence-corrected chi connectivity index (χ0v) is 30.2. The Morgan fingerprint density at radius 1 is 1.00 bits per heavy atom. The first-order valence-corrected chi connectivity index (χ1v) is 17.6. The predicted octanol–water partition coefficient (Wildman–Crippen LogP) is 4.36. The van der Waals surface area contributed by atoms with E-state index in [4.69, 9.17) is 32.9 Å². The second-order valence-corrected chi connectivity index (χ2v) is 13.3. The highest BCUT2D eigenvalue weighted by molar-refractivity contribution is 6.39. The molecule has 1 saturated heterocycles. The molecule has 0 saturated carbocycles. The van der Waals surface area contributed by atoms with Crippen LogP contribution in [0.2, 0.25) is 10.0 Å². The monoisotopic (exact) mass is 743 g/mol. The van der Waals surface area contributed by atoms with Crippen LogP contribution in [0, 0.1) is 0 Å². The van der Waals surface area contributed by atoms with Crippen LogP contribution in [0.1, 0.15) is 30.4 Å². The van der Waals surface area contributed by atoms with Crippen LogP contribution in [0.15, 0.2) is 77.9 Å². The van der Waals surface area contributed by atoms with E-state index >= 15 is 0 Å². The Labute approximate surface area is 310 Å². The van der Waals surface area contributed by atoms with Gasteiger partial charge in [-0.2, -0.15) is 0 Å². The van der Waals surface area contributed by atoms with E-state index in [0.29, 0.717) is 57.9 Å². The summed E-state index contributed by atoms with van der Waals surface area (Å²) in [4.78, 5) is 45.5. The van der Waals surface area contributed by atoms with Gasteiger partial charge in [0.1, 0.15) is 5.65 Å². The SMILES string of the molecule is CNC(=O)C[C@H](O)CNCc1cnc2cc(-c3cccc(-c4cccc(-c5ccc(CNC[C@H]6CCC(=O)N6)c(OC)n5)c4Cl)c3Cl)ccn2c1=O. The van der Waals surface area contributed by atoms with Crippen molar-refractivity contribution in [2.24, 2.45) is 0 Å². The van der Waals surface area contributed by atoms with Gasteiger partial charge in [0, 0.05) is 91.5 Å². The van der Waals surface area contributed by atoms with Crippen LogP contribution in [-0.2, 0) is 22.7 Å². The quantitative estimate of drug-likeness (QED) is 0.111. The number of methoxy groups -OCH3 is 1. The molecule has 270 valence electrons. The zero-order valence-electron chi connectivity index (χ0n) is 28.7. The van der Waals surface area contributed by atoms with Crippen molar-refractivity contribution >= 4 is 40.7 Å². The number of aromatic nitrogens is 3. The molecule has 4 heterocycles. The first-order chi connectivity index (χ1) is 25.2. The predicted molar refractivity (Wildman–Crippen MR) is 201 cm³/mol. The fraction of sp³-hybridized carbons (Fsp3) is 0.289. The summed E-state index contributed by atoms with van der Waals surface area (Å²) in [5.74, 6) is 0.298. The van der Waals surface area contributed by atoms with Gasteiger partial charge >= 0.3 is 0 Å². The van der Waals surface area contributed by atoms with E-state index in [0.717, 1.165) is 34.2 Å². The number of nitrogens with zero attached hydrogens (tertiary/aromatic N) is 3. The van der Waals surface area contributed by atoms with Crippen LogP contribution in [0.5, 0.6) is 5.88 Å². The number of hydrogen-bond donors (Lipinski definition) is 5. The van der Waals surface area contributed by atoms with Gasteiger partial charge in [-0.15, -0.1) is 0 Å². The van der Waals surface area contributed by atoms with Crippen molar-refractivity contribution in [1.29, 1.82) is 0 Å². The van der Waals surface area contributed by atoms with Crippen molar-refractivity contribution in [2.75, 3.05) is 27.2 Å². The lowest BCUT2D eigenvalue weighted by Gasteiger charge is -2.16. The molecule has 2 aromatic carbocycles. The Morgan fingerprint density at radius 3 is 2.42 bits per heavy atom. The molecule has 3 aromatic heterocycles. The summed E-state index contributed by atoms with van der Waals surface area (Å²) in [5.41, 5.74) is 5.80. The second-order valence-electron chi connectivity index (χ2n) is 12.5. The number of aliphatic hydroxyl groups is 1. The lowest BCUT2D eigenvalue weighted by atomic mass is 9.97. The fourth-order valence-corrected chi connectivity index (χ4v) is 6.87. The minimum atomic E-state index is -0.879. The lowest BCUT2D eigenvalue weighted by molar-refractivity contribution is -0.122. The number of halogens is 2. The number of carbonyl (C=O) groups excluding carboxylic acids is 2. The maximum absolute atomic E-state index is 13.2. The van der Waals surface area contributed by atoms with E-state index in [9.17, 15) is 19.5 Å². The van der Waals surface area contributed by atoms with Crippen LogP contribution in [0.3, 0.4) is 0 Å². The van der Waals surface area contributed by atoms with Crippen molar-refractivity contribution in [3.63, 3.8) is 0 Å². The van der Waals surface area contributed by atoms with Crippen molar-refractivity contribution in [1.82, 2.24) is 35.6 Å². The molecule has 5 aromatic rings. The van der Waals surface area contributed by atoms with Crippen molar-refractivity contribution in [3.05, 3.63) is 105 Å². The molecule has 52 heavy (non-hydrogen) atoms. The van der Waals surface area contributed by atoms with Gasteiger partial charge in [-0.3, -0.25) is 18.8 Å². The van der Waals surface area contributed by atoms with Gasteiger partial charge < -0.3 is 31.1 Å². The van der Waals surface area contributed by atoms with Crippen LogP contribution in [0.4, 0.5) is 0 Å². The van der Waals surface area contributed by atoms with Gasteiger partial charge in [0.25, 0.3) is 5.56 Å². The standard InChI is InChI=1S/C38H39Cl2N7O5/c1-41-34(50)16-26(48)21-43-18-24-19-44-32-15-22(13-14-47(32)38(24)51)27-5-3-6-28(35(27)39)29-7-4-8-30(36(29)40)31-11-9-23(37(46-31)52-2)17-42-20-25-10-12-33(49)45-25/h3-9,11,13-15,19,25-26,42-43,48H,10,12,16-18,20-21H2,1-2H3,(H,41,50)(H,45,49)/t25-,26+/m1/s1. The van der Waals surface area contributed by atoms with Gasteiger partial charge in [-0.25, -0.2) is 9.97 Å². The Hall–Kier alpha value is -4.85. The summed E-state index contributed by atoms with van der Waals surface area (Å²) in [6.07, 6.45) is 3.63. The summed E-state index contributed by atoms with van der Waals surface area (Å²) in [5, 5.41) is 22.8. The minimum Gasteiger partial charge on any atom is -0.481 e. The molecule has 6 rings (SSSR count). The Balaban J connectivity index is 1.21. The van der Waals surface area contributed by atoms with E-state index in [1.165, 1.54) is 17.6 Å². The highest BCUT2D eigenvalue weighted by Gasteiger charge is 2.21. The van der Waals surface area contributed by atoms with E-state index in [-0.39, 0.29) is 42.9 Å². The maximum Gasteiger partial charge on any atom is 0.262 e. The molecule has 1 fully saturated rings. The van der Waals surface area contributed by atoms with Crippen LogP contribution < -0.4 is 31.6 Å². The maximum atomic E-state index is 13.2. The number of hydrogen-bond acceptors (Lipinski definition) is 9. The molecule has 0 unspecified atom stereocenters. The van der Waals surface area contributed by atoms with E-state index in [2.05, 4.69) is 26.3 Å². The number of ether oxygens (including phenoxy) is 1. The Bertz CT molecular complexity index is 2180. The van der Waals surface area contributed by atoms with E-state index in [1.54, 1.807) is 25.4 Å². The zero-order chi connectivity index (χ0) is 36.8. The van der Waals surface area contributed by atoms with Crippen LogP contribution >= 0.6 is 23.2 Å². The Kier molecular flexibility index (Phi) is 11.8. The Morgan fingerprint density at radius 2 is 1.71 bits per heavy atom. The third kappa shape index (κ3) is 8.27. The average Bonchev–Trinajstić information content (AvgIpc) is 3.57. The summed E-state index contributed by atoms with van der Waals surface area (Å²) < 4.78 is 7.09. The molecular weight excluding hydrogens is 705 g/mol. The molecular formula is C38H39Cl2N7O5. The first kappa shape index (κ1) is 36.9. The van der Waals surface area contributed by atoms with Crippen LogP contribution in [-0.4, -0.2) is 70.7 Å². The van der Waals surface area contributed by atoms with Crippen molar-refractivity contribution in [3.8, 4) is 39.4 Å². The van der Waals surface area contributed by atoms with Crippen molar-refractivity contribution < 1.29 is 19.4 Å². The molecule has 0 aliphatic carbocycles. The molecule has 2 amide bonds. The largest absolute Gasteiger partial charge is 0.481 e.